The van der Waals surface area contributed by atoms with E-state index in [2.05, 4.69) is 15.9 Å². The van der Waals surface area contributed by atoms with Crippen molar-refractivity contribution in [3.8, 4) is 0 Å². The molecule has 14 heavy (non-hydrogen) atoms. The monoisotopic (exact) mass is 262 g/mol. The van der Waals surface area contributed by atoms with E-state index in [-0.39, 0.29) is 16.8 Å². The fraction of sp³-hybridized carbons (Fsp3) is 0.300. The molecule has 0 fully saturated rings. The van der Waals surface area contributed by atoms with Gasteiger partial charge in [0.25, 0.3) is 0 Å². The first kappa shape index (κ1) is 11.3. The average Bonchev–Trinajstić information content (AvgIpc) is 2.13. The van der Waals surface area contributed by atoms with E-state index >= 15 is 0 Å². The van der Waals surface area contributed by atoms with Crippen LogP contribution in [0.5, 0.6) is 0 Å². The van der Waals surface area contributed by atoms with Crippen molar-refractivity contribution in [2.75, 3.05) is 0 Å². The van der Waals surface area contributed by atoms with E-state index in [1.54, 1.807) is 6.92 Å². The Kier molecular flexibility index (Phi) is 3.75. The van der Waals surface area contributed by atoms with Gasteiger partial charge in [0.1, 0.15) is 17.9 Å². The van der Waals surface area contributed by atoms with Crippen molar-refractivity contribution in [3.05, 3.63) is 33.8 Å². The lowest BCUT2D eigenvalue weighted by Gasteiger charge is -2.09. The highest BCUT2D eigenvalue weighted by Crippen LogP contribution is 2.26. The minimum Gasteiger partial charge on any atom is -0.303 e. The Hall–Kier alpha value is -0.770. The predicted octanol–water partition coefficient (Wildman–Crippen LogP) is 3.42. The topological polar surface area (TPSA) is 17.1 Å². The quantitative estimate of drug-likeness (QED) is 0.603. The van der Waals surface area contributed by atoms with Gasteiger partial charge in [-0.2, -0.15) is 0 Å². The lowest BCUT2D eigenvalue weighted by Crippen LogP contribution is -1.97. The Bertz CT molecular complexity index is 329. The average molecular weight is 263 g/mol. The minimum atomic E-state index is -0.641. The van der Waals surface area contributed by atoms with Crippen molar-refractivity contribution in [1.29, 1.82) is 0 Å². The number of halogens is 3. The number of aldehydes is 1. The second-order valence-corrected chi connectivity index (χ2v) is 3.89. The van der Waals surface area contributed by atoms with Crippen molar-refractivity contribution in [1.82, 2.24) is 0 Å². The van der Waals surface area contributed by atoms with Crippen molar-refractivity contribution in [2.24, 2.45) is 0 Å². The highest BCUT2D eigenvalue weighted by Gasteiger charge is 2.12. The summed E-state index contributed by atoms with van der Waals surface area (Å²) >= 11 is 2.78. The molecule has 0 spiro atoms. The van der Waals surface area contributed by atoms with Crippen LogP contribution in [0.2, 0.25) is 0 Å². The van der Waals surface area contributed by atoms with Crippen LogP contribution in [0, 0.1) is 11.6 Å². The van der Waals surface area contributed by atoms with Crippen molar-refractivity contribution < 1.29 is 13.6 Å². The molecule has 0 saturated carbocycles. The lowest BCUT2D eigenvalue weighted by atomic mass is 9.98. The molecule has 0 aliphatic heterocycles. The smallest absolute Gasteiger partial charge is 0.140 e. The van der Waals surface area contributed by atoms with Crippen molar-refractivity contribution >= 4 is 22.2 Å². The van der Waals surface area contributed by atoms with Crippen LogP contribution in [0.3, 0.4) is 0 Å². The maximum atomic E-state index is 13.1. The zero-order valence-electron chi connectivity index (χ0n) is 7.56. The van der Waals surface area contributed by atoms with E-state index in [0.29, 0.717) is 5.56 Å². The molecule has 1 unspecified atom stereocenters. The minimum absolute atomic E-state index is 0.162. The molecule has 1 rings (SSSR count). The number of benzene rings is 1. The molecule has 0 radical (unpaired) electrons. The summed E-state index contributed by atoms with van der Waals surface area (Å²) in [6.45, 7) is 1.75. The molecule has 0 N–H and O–H groups in total. The molecule has 0 amide bonds. The third-order valence-electron chi connectivity index (χ3n) is 2.02. The number of carbonyl (C=O) groups excluding carboxylic acids is 1. The van der Waals surface area contributed by atoms with Crippen LogP contribution >= 0.6 is 15.9 Å². The van der Waals surface area contributed by atoms with E-state index in [4.69, 9.17) is 0 Å². The number of carbonyl (C=O) groups is 1. The normalized spacial score (nSPS) is 12.6. The molecular formula is C10H9BrF2O. The molecule has 0 saturated heterocycles. The SMILES string of the molecule is CC(CC=O)c1cc(F)c(Br)c(F)c1. The predicted molar refractivity (Wildman–Crippen MR) is 53.2 cm³/mol. The first-order chi connectivity index (χ1) is 6.56. The summed E-state index contributed by atoms with van der Waals surface area (Å²) < 4.78 is 26.0. The Morgan fingerprint density at radius 2 is 1.93 bits per heavy atom. The van der Waals surface area contributed by atoms with Crippen LogP contribution in [-0.4, -0.2) is 6.29 Å². The van der Waals surface area contributed by atoms with Gasteiger partial charge in [-0.25, -0.2) is 8.78 Å². The van der Waals surface area contributed by atoms with Crippen LogP contribution in [0.25, 0.3) is 0 Å². The summed E-state index contributed by atoms with van der Waals surface area (Å²) in [6, 6.07) is 2.47. The van der Waals surface area contributed by atoms with E-state index in [1.165, 1.54) is 12.1 Å². The van der Waals surface area contributed by atoms with E-state index in [1.807, 2.05) is 0 Å². The Labute approximate surface area is 89.3 Å². The molecule has 0 aromatic heterocycles. The third kappa shape index (κ3) is 2.38. The molecule has 1 aromatic rings. The molecule has 1 atom stereocenters. The van der Waals surface area contributed by atoms with Crippen LogP contribution < -0.4 is 0 Å². The summed E-state index contributed by atoms with van der Waals surface area (Å²) in [5.41, 5.74) is 0.496. The van der Waals surface area contributed by atoms with Gasteiger partial charge in [0.05, 0.1) is 4.47 Å². The molecule has 0 bridgehead atoms. The zero-order chi connectivity index (χ0) is 10.7. The molecule has 1 aromatic carbocycles. The van der Waals surface area contributed by atoms with Gasteiger partial charge >= 0.3 is 0 Å². The molecule has 4 heteroatoms. The van der Waals surface area contributed by atoms with Crippen LogP contribution in [0.4, 0.5) is 8.78 Å². The Morgan fingerprint density at radius 1 is 1.43 bits per heavy atom. The highest BCUT2D eigenvalue weighted by atomic mass is 79.9. The van der Waals surface area contributed by atoms with Gasteiger partial charge in [-0.15, -0.1) is 0 Å². The van der Waals surface area contributed by atoms with Crippen LogP contribution in [0.15, 0.2) is 16.6 Å². The fourth-order valence-corrected chi connectivity index (χ4v) is 1.37. The molecule has 1 nitrogen and oxygen atoms in total. The third-order valence-corrected chi connectivity index (χ3v) is 2.78. The summed E-state index contributed by atoms with van der Waals surface area (Å²) in [5.74, 6) is -1.44. The summed E-state index contributed by atoms with van der Waals surface area (Å²) in [5, 5.41) is 0. The van der Waals surface area contributed by atoms with Gasteiger partial charge in [0.2, 0.25) is 0 Å². The molecule has 0 aliphatic rings. The van der Waals surface area contributed by atoms with E-state index in [9.17, 15) is 13.6 Å². The van der Waals surface area contributed by atoms with Crippen LogP contribution in [-0.2, 0) is 4.79 Å². The molecular weight excluding hydrogens is 254 g/mol. The first-order valence-corrected chi connectivity index (χ1v) is 4.93. The van der Waals surface area contributed by atoms with Gasteiger partial charge in [0.15, 0.2) is 0 Å². The number of hydrogen-bond donors (Lipinski definition) is 0. The van der Waals surface area contributed by atoms with Crippen molar-refractivity contribution in [2.45, 2.75) is 19.3 Å². The maximum absolute atomic E-state index is 13.1. The zero-order valence-corrected chi connectivity index (χ0v) is 9.14. The second-order valence-electron chi connectivity index (χ2n) is 3.10. The second kappa shape index (κ2) is 4.64. The van der Waals surface area contributed by atoms with E-state index < -0.39 is 11.6 Å². The fourth-order valence-electron chi connectivity index (χ4n) is 1.14. The van der Waals surface area contributed by atoms with E-state index in [0.717, 1.165) is 6.29 Å². The molecule has 0 heterocycles. The highest BCUT2D eigenvalue weighted by molar-refractivity contribution is 9.10. The summed E-state index contributed by atoms with van der Waals surface area (Å²) in [7, 11) is 0. The summed E-state index contributed by atoms with van der Waals surface area (Å²) in [4.78, 5) is 10.2. The maximum Gasteiger partial charge on any atom is 0.140 e. The van der Waals surface area contributed by atoms with Gasteiger partial charge in [-0.05, 0) is 39.5 Å². The number of hydrogen-bond acceptors (Lipinski definition) is 1. The van der Waals surface area contributed by atoms with Crippen LogP contribution in [0.1, 0.15) is 24.8 Å². The number of rotatable bonds is 3. The van der Waals surface area contributed by atoms with Gasteiger partial charge in [-0.3, -0.25) is 0 Å². The lowest BCUT2D eigenvalue weighted by molar-refractivity contribution is -0.108. The van der Waals surface area contributed by atoms with Gasteiger partial charge in [-0.1, -0.05) is 6.92 Å². The standard InChI is InChI=1S/C10H9BrF2O/c1-6(2-3-14)7-4-8(12)10(11)9(13)5-7/h3-6H,2H2,1H3. The Balaban J connectivity index is 3.05. The largest absolute Gasteiger partial charge is 0.303 e. The molecule has 76 valence electrons. The first-order valence-electron chi connectivity index (χ1n) is 4.14. The van der Waals surface area contributed by atoms with Gasteiger partial charge in [0, 0.05) is 6.42 Å². The summed E-state index contributed by atoms with van der Waals surface area (Å²) in [6.07, 6.45) is 1.00. The molecule has 0 aliphatic carbocycles. The van der Waals surface area contributed by atoms with Crippen molar-refractivity contribution in [3.63, 3.8) is 0 Å². The van der Waals surface area contributed by atoms with Gasteiger partial charge < -0.3 is 4.79 Å². The Morgan fingerprint density at radius 3 is 2.36 bits per heavy atom.